The van der Waals surface area contributed by atoms with E-state index in [1.165, 1.54) is 7.11 Å². The first kappa shape index (κ1) is 30.1. The number of nitrogens with one attached hydrogen (secondary N) is 3. The van der Waals surface area contributed by atoms with E-state index in [-0.39, 0.29) is 24.7 Å². The Morgan fingerprint density at radius 2 is 1.88 bits per heavy atom. The van der Waals surface area contributed by atoms with E-state index >= 15 is 0 Å². The van der Waals surface area contributed by atoms with Crippen LogP contribution in [-0.2, 0) is 31.9 Å². The number of carbonyl (C=O) groups is 4. The zero-order valence-corrected chi connectivity index (χ0v) is 25.2. The van der Waals surface area contributed by atoms with Crippen LogP contribution in [0.5, 0.6) is 0 Å². The fraction of sp³-hybridized carbons (Fsp3) is 0.400. The molecule has 0 bridgehead atoms. The van der Waals surface area contributed by atoms with Crippen LogP contribution in [0.15, 0.2) is 34.8 Å². The summed E-state index contributed by atoms with van der Waals surface area (Å²) in [6.45, 7) is 7.07. The molecule has 1 heterocycles. The Kier molecular flexibility index (Phi) is 8.77. The van der Waals surface area contributed by atoms with Crippen LogP contribution in [0.4, 0.5) is 16.2 Å². The third kappa shape index (κ3) is 6.90. The first-order valence-electron chi connectivity index (χ1n) is 13.3. The maximum absolute atomic E-state index is 13.6. The number of hydrogen-bond donors (Lipinski definition) is 4. The van der Waals surface area contributed by atoms with Gasteiger partial charge in [0, 0.05) is 39.1 Å². The zero-order valence-electron chi connectivity index (χ0n) is 23.6. The Balaban J connectivity index is 1.62. The van der Waals surface area contributed by atoms with Crippen molar-refractivity contribution in [3.63, 3.8) is 0 Å². The first-order valence-corrected chi connectivity index (χ1v) is 14.1. The van der Waals surface area contributed by atoms with E-state index in [0.29, 0.717) is 29.1 Å². The van der Waals surface area contributed by atoms with Crippen LogP contribution >= 0.6 is 15.9 Å². The molecule has 0 saturated carbocycles. The van der Waals surface area contributed by atoms with Crippen molar-refractivity contribution in [2.75, 3.05) is 17.7 Å². The molecule has 1 aliphatic carbocycles. The molecule has 2 atom stereocenters. The van der Waals surface area contributed by atoms with Crippen LogP contribution in [0.25, 0.3) is 10.9 Å². The number of methoxy groups -OCH3 is 1. The lowest BCUT2D eigenvalue weighted by Crippen LogP contribution is -2.29. The summed E-state index contributed by atoms with van der Waals surface area (Å²) in [5, 5.41) is 15.8. The Bertz CT molecular complexity index is 1520. The third-order valence-electron chi connectivity index (χ3n) is 7.10. The SMILES string of the molecule is COC(=O)c1[nH]c2cc(Br)cc3c2c1C(C(C)C(=O)Nc1ccc(NC(=O)OC(C)(C)C)cc1CCC(=O)O)CC3. The molecule has 4 N–H and O–H groups in total. The van der Waals surface area contributed by atoms with Crippen molar-refractivity contribution in [3.05, 3.63) is 57.2 Å². The van der Waals surface area contributed by atoms with E-state index in [0.717, 1.165) is 32.9 Å². The molecule has 2 unspecified atom stereocenters. The number of aryl methyl sites for hydroxylation is 2. The number of carbonyl (C=O) groups excluding carboxylic acids is 3. The van der Waals surface area contributed by atoms with Gasteiger partial charge in [0.1, 0.15) is 11.3 Å². The second-order valence-corrected chi connectivity index (χ2v) is 12.1. The molecule has 1 aliphatic rings. The van der Waals surface area contributed by atoms with Gasteiger partial charge in [0.25, 0.3) is 0 Å². The highest BCUT2D eigenvalue weighted by Crippen LogP contribution is 2.44. The van der Waals surface area contributed by atoms with E-state index in [1.807, 2.05) is 19.1 Å². The normalized spacial score (nSPS) is 15.2. The van der Waals surface area contributed by atoms with Crippen LogP contribution < -0.4 is 10.6 Å². The molecule has 0 radical (unpaired) electrons. The Labute approximate surface area is 246 Å². The summed E-state index contributed by atoms with van der Waals surface area (Å²) in [7, 11) is 1.32. The number of aliphatic carboxylic acids is 1. The third-order valence-corrected chi connectivity index (χ3v) is 7.56. The summed E-state index contributed by atoms with van der Waals surface area (Å²) in [4.78, 5) is 53.1. The lowest BCUT2D eigenvalue weighted by Gasteiger charge is -2.28. The van der Waals surface area contributed by atoms with Crippen LogP contribution in [0.2, 0.25) is 0 Å². The minimum absolute atomic E-state index is 0.139. The highest BCUT2D eigenvalue weighted by Gasteiger charge is 2.36. The average molecular weight is 629 g/mol. The molecular weight excluding hydrogens is 594 g/mol. The molecule has 10 nitrogen and oxygen atoms in total. The lowest BCUT2D eigenvalue weighted by atomic mass is 9.76. The number of H-pyrrole nitrogens is 1. The van der Waals surface area contributed by atoms with Crippen molar-refractivity contribution in [2.45, 2.75) is 64.9 Å². The van der Waals surface area contributed by atoms with Gasteiger partial charge in [0.15, 0.2) is 0 Å². The van der Waals surface area contributed by atoms with Crippen molar-refractivity contribution < 1.29 is 33.8 Å². The Morgan fingerprint density at radius 3 is 2.54 bits per heavy atom. The Hall–Kier alpha value is -3.86. The van der Waals surface area contributed by atoms with Gasteiger partial charge in [-0.05, 0) is 93.0 Å². The molecule has 0 aliphatic heterocycles. The number of ether oxygens (including phenoxy) is 2. The molecule has 3 aromatic rings. The van der Waals surface area contributed by atoms with E-state index < -0.39 is 29.6 Å². The Morgan fingerprint density at radius 1 is 1.15 bits per heavy atom. The largest absolute Gasteiger partial charge is 0.481 e. The van der Waals surface area contributed by atoms with Gasteiger partial charge >= 0.3 is 18.0 Å². The number of aromatic amines is 1. The smallest absolute Gasteiger partial charge is 0.412 e. The lowest BCUT2D eigenvalue weighted by molar-refractivity contribution is -0.137. The fourth-order valence-corrected chi connectivity index (χ4v) is 5.79. The molecule has 2 amide bonds. The highest BCUT2D eigenvalue weighted by atomic mass is 79.9. The number of benzene rings is 2. The van der Waals surface area contributed by atoms with Crippen molar-refractivity contribution in [1.29, 1.82) is 0 Å². The fourth-order valence-electron chi connectivity index (χ4n) is 5.29. The van der Waals surface area contributed by atoms with Gasteiger partial charge in [-0.2, -0.15) is 0 Å². The number of amides is 2. The monoisotopic (exact) mass is 627 g/mol. The molecule has 0 spiro atoms. The number of carboxylic acids is 1. The van der Waals surface area contributed by atoms with Crippen molar-refractivity contribution >= 4 is 62.1 Å². The first-order chi connectivity index (χ1) is 19.3. The van der Waals surface area contributed by atoms with Gasteiger partial charge in [0.05, 0.1) is 7.11 Å². The van der Waals surface area contributed by atoms with Crippen LogP contribution in [0.3, 0.4) is 0 Å². The van der Waals surface area contributed by atoms with Crippen molar-refractivity contribution in [3.8, 4) is 0 Å². The molecule has 2 aromatic carbocycles. The summed E-state index contributed by atoms with van der Waals surface area (Å²) in [6, 6.07) is 8.82. The summed E-state index contributed by atoms with van der Waals surface area (Å²) in [6.07, 6.45) is 0.723. The number of anilines is 2. The predicted octanol–water partition coefficient (Wildman–Crippen LogP) is 6.39. The van der Waals surface area contributed by atoms with E-state index in [9.17, 15) is 24.3 Å². The maximum atomic E-state index is 13.6. The molecule has 4 rings (SSSR count). The number of aromatic nitrogens is 1. The molecule has 1 aromatic heterocycles. The standard InChI is InChI=1S/C30H34BrN3O7/c1-15(20-9-6-17-12-18(31)14-22-24(17)25(20)26(33-22)28(38)40-5)27(37)34-21-10-8-19(13-16(21)7-11-23(35)36)32-29(39)41-30(2,3)4/h8,10,12-15,20,33H,6-7,9,11H2,1-5H3,(H,32,39)(H,34,37)(H,35,36). The molecule has 218 valence electrons. The van der Waals surface area contributed by atoms with E-state index in [1.54, 1.807) is 39.0 Å². The second kappa shape index (κ2) is 11.9. The molecule has 0 saturated heterocycles. The predicted molar refractivity (Wildman–Crippen MR) is 158 cm³/mol. The molecule has 41 heavy (non-hydrogen) atoms. The van der Waals surface area contributed by atoms with Gasteiger partial charge in [-0.25, -0.2) is 9.59 Å². The van der Waals surface area contributed by atoms with Crippen LogP contribution in [-0.4, -0.2) is 46.7 Å². The van der Waals surface area contributed by atoms with Crippen molar-refractivity contribution in [1.82, 2.24) is 4.98 Å². The summed E-state index contributed by atoms with van der Waals surface area (Å²) >= 11 is 3.53. The number of carboxylic acid groups (broad SMARTS) is 1. The molecule has 0 fully saturated rings. The van der Waals surface area contributed by atoms with Crippen LogP contribution in [0.1, 0.15) is 73.6 Å². The highest BCUT2D eigenvalue weighted by molar-refractivity contribution is 9.10. The van der Waals surface area contributed by atoms with E-state index in [4.69, 9.17) is 9.47 Å². The van der Waals surface area contributed by atoms with Gasteiger partial charge in [-0.1, -0.05) is 22.9 Å². The van der Waals surface area contributed by atoms with Crippen LogP contribution in [0, 0.1) is 5.92 Å². The minimum atomic E-state index is -0.986. The second-order valence-electron chi connectivity index (χ2n) is 11.2. The quantitative estimate of drug-likeness (QED) is 0.212. The number of esters is 1. The topological polar surface area (TPSA) is 147 Å². The molecule has 11 heteroatoms. The van der Waals surface area contributed by atoms with Crippen molar-refractivity contribution in [2.24, 2.45) is 5.92 Å². The minimum Gasteiger partial charge on any atom is -0.481 e. The average Bonchev–Trinajstić information content (AvgIpc) is 3.26. The van der Waals surface area contributed by atoms with E-state index in [2.05, 4.69) is 31.5 Å². The van der Waals surface area contributed by atoms with Gasteiger partial charge in [-0.3, -0.25) is 14.9 Å². The summed E-state index contributed by atoms with van der Waals surface area (Å²) in [5.41, 5.74) is 3.73. The number of halogens is 1. The zero-order chi connectivity index (χ0) is 30.1. The van der Waals surface area contributed by atoms with Gasteiger partial charge in [0.2, 0.25) is 5.91 Å². The van der Waals surface area contributed by atoms with Gasteiger partial charge in [-0.15, -0.1) is 0 Å². The number of rotatable bonds is 8. The number of hydrogen-bond acceptors (Lipinski definition) is 6. The summed E-state index contributed by atoms with van der Waals surface area (Å²) < 4.78 is 11.2. The summed E-state index contributed by atoms with van der Waals surface area (Å²) in [5.74, 6) is -2.55. The molecular formula is C30H34BrN3O7. The maximum Gasteiger partial charge on any atom is 0.412 e. The van der Waals surface area contributed by atoms with Gasteiger partial charge < -0.3 is 24.9 Å².